The number of rotatable bonds is 5. The molecule has 0 bridgehead atoms. The first-order chi connectivity index (χ1) is 8.74. The summed E-state index contributed by atoms with van der Waals surface area (Å²) in [6.07, 6.45) is 5.57. The second-order valence-electron chi connectivity index (χ2n) is 5.36. The van der Waals surface area contributed by atoms with Gasteiger partial charge in [-0.3, -0.25) is 4.90 Å². The Labute approximate surface area is 111 Å². The van der Waals surface area contributed by atoms with Crippen molar-refractivity contribution in [2.75, 3.05) is 18.4 Å². The van der Waals surface area contributed by atoms with Crippen molar-refractivity contribution in [3.05, 3.63) is 23.9 Å². The Bertz CT molecular complexity index is 376. The molecule has 1 aliphatic heterocycles. The molecule has 0 amide bonds. The van der Waals surface area contributed by atoms with Crippen LogP contribution in [0, 0.1) is 0 Å². The summed E-state index contributed by atoms with van der Waals surface area (Å²) in [4.78, 5) is 7.11. The van der Waals surface area contributed by atoms with Gasteiger partial charge in [0.2, 0.25) is 0 Å². The van der Waals surface area contributed by atoms with E-state index < -0.39 is 0 Å². The summed E-state index contributed by atoms with van der Waals surface area (Å²) in [5.74, 6) is 1.08. The Morgan fingerprint density at radius 2 is 2.33 bits per heavy atom. The topological polar surface area (TPSA) is 28.2 Å². The number of hydrogen-bond acceptors (Lipinski definition) is 3. The molecule has 1 atom stereocenters. The summed E-state index contributed by atoms with van der Waals surface area (Å²) in [5.41, 5.74) is 1.37. The van der Waals surface area contributed by atoms with Crippen molar-refractivity contribution in [3.63, 3.8) is 0 Å². The standard InChI is InChI=1S/C15H25N3/c1-4-9-16-15-13(7-5-10-17-15)14-8-6-11-18(14)12(2)3/h5,7,10,12,14H,4,6,8-9,11H2,1-3H3,(H,16,17). The fourth-order valence-corrected chi connectivity index (χ4v) is 2.82. The van der Waals surface area contributed by atoms with Gasteiger partial charge in [0.1, 0.15) is 5.82 Å². The van der Waals surface area contributed by atoms with Crippen LogP contribution in [0.4, 0.5) is 5.82 Å². The molecule has 0 spiro atoms. The maximum Gasteiger partial charge on any atom is 0.130 e. The van der Waals surface area contributed by atoms with Gasteiger partial charge in [-0.25, -0.2) is 4.98 Å². The molecule has 1 fully saturated rings. The van der Waals surface area contributed by atoms with Crippen molar-refractivity contribution < 1.29 is 0 Å². The number of anilines is 1. The fourth-order valence-electron chi connectivity index (χ4n) is 2.82. The van der Waals surface area contributed by atoms with Crippen molar-refractivity contribution in [1.82, 2.24) is 9.88 Å². The van der Waals surface area contributed by atoms with E-state index in [1.807, 2.05) is 6.20 Å². The smallest absolute Gasteiger partial charge is 0.130 e. The van der Waals surface area contributed by atoms with E-state index in [1.165, 1.54) is 24.9 Å². The van der Waals surface area contributed by atoms with Crippen molar-refractivity contribution in [1.29, 1.82) is 0 Å². The van der Waals surface area contributed by atoms with Crippen molar-refractivity contribution in [3.8, 4) is 0 Å². The third-order valence-electron chi connectivity index (χ3n) is 3.70. The molecule has 1 saturated heterocycles. The minimum Gasteiger partial charge on any atom is -0.370 e. The molecule has 2 heterocycles. The van der Waals surface area contributed by atoms with Crippen molar-refractivity contribution in [2.24, 2.45) is 0 Å². The maximum absolute atomic E-state index is 4.52. The Hall–Kier alpha value is -1.09. The number of nitrogens with one attached hydrogen (secondary N) is 1. The van der Waals surface area contributed by atoms with E-state index in [2.05, 4.69) is 48.1 Å². The van der Waals surface area contributed by atoms with Crippen LogP contribution in [0.3, 0.4) is 0 Å². The predicted molar refractivity (Wildman–Crippen MR) is 76.8 cm³/mol. The zero-order valence-corrected chi connectivity index (χ0v) is 11.8. The first kappa shape index (κ1) is 13.3. The fraction of sp³-hybridized carbons (Fsp3) is 0.667. The highest BCUT2D eigenvalue weighted by Gasteiger charge is 2.29. The maximum atomic E-state index is 4.52. The molecule has 18 heavy (non-hydrogen) atoms. The molecule has 100 valence electrons. The lowest BCUT2D eigenvalue weighted by molar-refractivity contribution is 0.206. The molecule has 0 aliphatic carbocycles. The molecule has 1 unspecified atom stereocenters. The number of nitrogens with zero attached hydrogens (tertiary/aromatic N) is 2. The minimum absolute atomic E-state index is 0.540. The summed E-state index contributed by atoms with van der Waals surface area (Å²) >= 11 is 0. The van der Waals surface area contributed by atoms with Gasteiger partial charge in [-0.15, -0.1) is 0 Å². The molecule has 1 aliphatic rings. The van der Waals surface area contributed by atoms with Crippen LogP contribution < -0.4 is 5.32 Å². The largest absolute Gasteiger partial charge is 0.370 e. The average Bonchev–Trinajstić information content (AvgIpc) is 2.86. The second kappa shape index (κ2) is 6.19. The Kier molecular flexibility index (Phi) is 4.59. The van der Waals surface area contributed by atoms with E-state index in [9.17, 15) is 0 Å². The number of pyridine rings is 1. The molecule has 0 saturated carbocycles. The van der Waals surface area contributed by atoms with Crippen LogP contribution in [0.1, 0.15) is 51.6 Å². The molecule has 3 heteroatoms. The van der Waals surface area contributed by atoms with Crippen LogP contribution in [0.5, 0.6) is 0 Å². The first-order valence-electron chi connectivity index (χ1n) is 7.18. The van der Waals surface area contributed by atoms with Gasteiger partial charge in [-0.05, 0) is 45.7 Å². The molecular weight excluding hydrogens is 222 g/mol. The first-order valence-corrected chi connectivity index (χ1v) is 7.18. The van der Waals surface area contributed by atoms with Crippen molar-refractivity contribution >= 4 is 5.82 Å². The monoisotopic (exact) mass is 247 g/mol. The van der Waals surface area contributed by atoms with Gasteiger partial charge in [-0.2, -0.15) is 0 Å². The third kappa shape index (κ3) is 2.83. The van der Waals surface area contributed by atoms with Gasteiger partial charge in [-0.1, -0.05) is 13.0 Å². The van der Waals surface area contributed by atoms with Gasteiger partial charge < -0.3 is 5.32 Å². The summed E-state index contributed by atoms with van der Waals surface area (Å²) in [6, 6.07) is 5.44. The Balaban J connectivity index is 2.21. The molecular formula is C15H25N3. The van der Waals surface area contributed by atoms with Crippen LogP contribution in [-0.2, 0) is 0 Å². The highest BCUT2D eigenvalue weighted by molar-refractivity contribution is 5.46. The molecule has 1 N–H and O–H groups in total. The Morgan fingerprint density at radius 3 is 3.06 bits per heavy atom. The highest BCUT2D eigenvalue weighted by atomic mass is 15.2. The number of likely N-dealkylation sites (tertiary alicyclic amines) is 1. The minimum atomic E-state index is 0.540. The van der Waals surface area contributed by atoms with Crippen LogP contribution in [0.25, 0.3) is 0 Å². The van der Waals surface area contributed by atoms with Crippen LogP contribution in [-0.4, -0.2) is 29.0 Å². The molecule has 0 radical (unpaired) electrons. The zero-order valence-electron chi connectivity index (χ0n) is 11.8. The third-order valence-corrected chi connectivity index (χ3v) is 3.70. The predicted octanol–water partition coefficient (Wildman–Crippen LogP) is 3.45. The van der Waals surface area contributed by atoms with Gasteiger partial charge >= 0.3 is 0 Å². The van der Waals surface area contributed by atoms with Gasteiger partial charge in [0, 0.05) is 30.4 Å². The molecule has 2 rings (SSSR count). The summed E-state index contributed by atoms with van der Waals surface area (Å²) in [7, 11) is 0. The zero-order chi connectivity index (χ0) is 13.0. The SMILES string of the molecule is CCCNc1ncccc1C1CCCN1C(C)C. The van der Waals surface area contributed by atoms with Gasteiger partial charge in [0.25, 0.3) is 0 Å². The van der Waals surface area contributed by atoms with Crippen LogP contribution >= 0.6 is 0 Å². The molecule has 3 nitrogen and oxygen atoms in total. The normalized spacial score (nSPS) is 20.6. The quantitative estimate of drug-likeness (QED) is 0.864. The van der Waals surface area contributed by atoms with Crippen LogP contribution in [0.15, 0.2) is 18.3 Å². The molecule has 0 aromatic carbocycles. The summed E-state index contributed by atoms with van der Waals surface area (Å²) in [6.45, 7) is 8.97. The van der Waals surface area contributed by atoms with E-state index in [0.29, 0.717) is 12.1 Å². The summed E-state index contributed by atoms with van der Waals surface area (Å²) < 4.78 is 0. The van der Waals surface area contributed by atoms with E-state index in [-0.39, 0.29) is 0 Å². The average molecular weight is 247 g/mol. The molecule has 1 aromatic rings. The Morgan fingerprint density at radius 1 is 1.50 bits per heavy atom. The van der Waals surface area contributed by atoms with Gasteiger partial charge in [0.05, 0.1) is 0 Å². The highest BCUT2D eigenvalue weighted by Crippen LogP contribution is 2.36. The van der Waals surface area contributed by atoms with Gasteiger partial charge in [0.15, 0.2) is 0 Å². The number of aromatic nitrogens is 1. The number of hydrogen-bond donors (Lipinski definition) is 1. The van der Waals surface area contributed by atoms with E-state index in [0.717, 1.165) is 18.8 Å². The summed E-state index contributed by atoms with van der Waals surface area (Å²) in [5, 5.41) is 3.46. The van der Waals surface area contributed by atoms with Crippen LogP contribution in [0.2, 0.25) is 0 Å². The lowest BCUT2D eigenvalue weighted by atomic mass is 10.0. The van der Waals surface area contributed by atoms with Crippen molar-refractivity contribution in [2.45, 2.75) is 52.1 Å². The van der Waals surface area contributed by atoms with E-state index in [1.54, 1.807) is 0 Å². The lowest BCUT2D eigenvalue weighted by Crippen LogP contribution is -2.30. The molecule has 1 aromatic heterocycles. The van der Waals surface area contributed by atoms with E-state index >= 15 is 0 Å². The van der Waals surface area contributed by atoms with E-state index in [4.69, 9.17) is 0 Å². The second-order valence-corrected chi connectivity index (χ2v) is 5.36. The lowest BCUT2D eigenvalue weighted by Gasteiger charge is -2.29.